The predicted molar refractivity (Wildman–Crippen MR) is 60.2 cm³/mol. The van der Waals surface area contributed by atoms with E-state index in [1.807, 2.05) is 19.1 Å². The van der Waals surface area contributed by atoms with Gasteiger partial charge in [-0.15, -0.1) is 0 Å². The first kappa shape index (κ1) is 11.2. The number of ether oxygens (including phenoxy) is 1. The minimum Gasteiger partial charge on any atom is -0.496 e. The first-order valence-corrected chi connectivity index (χ1v) is 4.97. The standard InChI is InChI=1S/C12H11NO4/c1-7-3-4-8(10(5-7)16-2)11-6-9(12(14)15)13-17-11/h3-6H,1-2H3,(H,14,15). The molecule has 5 nitrogen and oxygen atoms in total. The van der Waals surface area contributed by atoms with Crippen LogP contribution in [0.5, 0.6) is 5.75 Å². The number of carboxylic acids is 1. The molecule has 0 amide bonds. The molecular formula is C12H11NO4. The smallest absolute Gasteiger partial charge is 0.358 e. The quantitative estimate of drug-likeness (QED) is 0.880. The lowest BCUT2D eigenvalue weighted by atomic mass is 10.1. The van der Waals surface area contributed by atoms with Crippen molar-refractivity contribution < 1.29 is 19.2 Å². The van der Waals surface area contributed by atoms with E-state index < -0.39 is 5.97 Å². The van der Waals surface area contributed by atoms with E-state index in [0.29, 0.717) is 17.1 Å². The number of aryl methyl sites for hydroxylation is 1. The molecule has 0 aliphatic rings. The van der Waals surface area contributed by atoms with Crippen molar-refractivity contribution in [3.63, 3.8) is 0 Å². The van der Waals surface area contributed by atoms with Crippen LogP contribution in [0, 0.1) is 6.92 Å². The van der Waals surface area contributed by atoms with E-state index in [9.17, 15) is 4.79 Å². The molecule has 0 spiro atoms. The molecule has 0 fully saturated rings. The Bertz CT molecular complexity index is 559. The van der Waals surface area contributed by atoms with E-state index in [-0.39, 0.29) is 5.69 Å². The second-order valence-electron chi connectivity index (χ2n) is 3.59. The fourth-order valence-electron chi connectivity index (χ4n) is 1.50. The normalized spacial score (nSPS) is 10.2. The highest BCUT2D eigenvalue weighted by Crippen LogP contribution is 2.31. The Hall–Kier alpha value is -2.30. The van der Waals surface area contributed by atoms with Crippen LogP contribution in [-0.4, -0.2) is 23.3 Å². The van der Waals surface area contributed by atoms with Crippen molar-refractivity contribution in [2.45, 2.75) is 6.92 Å². The zero-order chi connectivity index (χ0) is 12.4. The van der Waals surface area contributed by atoms with Crippen LogP contribution in [0.15, 0.2) is 28.8 Å². The topological polar surface area (TPSA) is 72.6 Å². The molecule has 1 heterocycles. The molecule has 0 bridgehead atoms. The van der Waals surface area contributed by atoms with E-state index in [0.717, 1.165) is 5.56 Å². The third-order valence-electron chi connectivity index (χ3n) is 2.35. The highest BCUT2D eigenvalue weighted by Gasteiger charge is 2.15. The number of aromatic carboxylic acids is 1. The molecule has 0 saturated heterocycles. The number of nitrogens with zero attached hydrogens (tertiary/aromatic N) is 1. The Balaban J connectivity index is 2.48. The molecule has 1 aromatic carbocycles. The number of carboxylic acid groups (broad SMARTS) is 1. The highest BCUT2D eigenvalue weighted by molar-refractivity contribution is 5.86. The van der Waals surface area contributed by atoms with Gasteiger partial charge in [-0.3, -0.25) is 0 Å². The summed E-state index contributed by atoms with van der Waals surface area (Å²) in [7, 11) is 1.55. The molecule has 2 aromatic rings. The molecule has 2 rings (SSSR count). The third kappa shape index (κ3) is 2.13. The highest BCUT2D eigenvalue weighted by atomic mass is 16.5. The average molecular weight is 233 g/mol. The third-order valence-corrected chi connectivity index (χ3v) is 2.35. The van der Waals surface area contributed by atoms with Crippen molar-refractivity contribution in [1.29, 1.82) is 0 Å². The van der Waals surface area contributed by atoms with E-state index >= 15 is 0 Å². The summed E-state index contributed by atoms with van der Waals surface area (Å²) in [6.45, 7) is 1.94. The van der Waals surface area contributed by atoms with Gasteiger partial charge in [0.2, 0.25) is 0 Å². The maximum atomic E-state index is 10.7. The van der Waals surface area contributed by atoms with Crippen LogP contribution in [0.25, 0.3) is 11.3 Å². The molecule has 0 saturated carbocycles. The van der Waals surface area contributed by atoms with Gasteiger partial charge in [0, 0.05) is 6.07 Å². The van der Waals surface area contributed by atoms with Gasteiger partial charge in [-0.1, -0.05) is 11.2 Å². The number of rotatable bonds is 3. The molecule has 0 radical (unpaired) electrons. The number of hydrogen-bond donors (Lipinski definition) is 1. The van der Waals surface area contributed by atoms with Gasteiger partial charge in [-0.05, 0) is 24.6 Å². The van der Waals surface area contributed by atoms with Crippen molar-refractivity contribution >= 4 is 5.97 Å². The summed E-state index contributed by atoms with van der Waals surface area (Å²) in [6, 6.07) is 6.91. The Morgan fingerprint density at radius 3 is 2.76 bits per heavy atom. The van der Waals surface area contributed by atoms with Crippen LogP contribution >= 0.6 is 0 Å². The lowest BCUT2D eigenvalue weighted by molar-refractivity contribution is 0.0686. The second kappa shape index (κ2) is 4.29. The van der Waals surface area contributed by atoms with Crippen LogP contribution in [0.4, 0.5) is 0 Å². The van der Waals surface area contributed by atoms with Crippen LogP contribution < -0.4 is 4.74 Å². The number of aromatic nitrogens is 1. The first-order valence-electron chi connectivity index (χ1n) is 4.97. The van der Waals surface area contributed by atoms with Crippen LogP contribution in [0.2, 0.25) is 0 Å². The van der Waals surface area contributed by atoms with E-state index in [2.05, 4.69) is 5.16 Å². The largest absolute Gasteiger partial charge is 0.496 e. The van der Waals surface area contributed by atoms with Crippen LogP contribution in [-0.2, 0) is 0 Å². The van der Waals surface area contributed by atoms with Crippen molar-refractivity contribution in [2.75, 3.05) is 7.11 Å². The molecule has 1 aromatic heterocycles. The zero-order valence-corrected chi connectivity index (χ0v) is 9.43. The molecule has 1 N–H and O–H groups in total. The lowest BCUT2D eigenvalue weighted by Gasteiger charge is -2.05. The van der Waals surface area contributed by atoms with Gasteiger partial charge in [0.15, 0.2) is 11.5 Å². The first-order chi connectivity index (χ1) is 8.11. The predicted octanol–water partition coefficient (Wildman–Crippen LogP) is 2.36. The van der Waals surface area contributed by atoms with Crippen molar-refractivity contribution in [2.24, 2.45) is 0 Å². The summed E-state index contributed by atoms with van der Waals surface area (Å²) in [4.78, 5) is 10.7. The van der Waals surface area contributed by atoms with E-state index in [1.54, 1.807) is 13.2 Å². The molecule has 0 aliphatic heterocycles. The molecule has 17 heavy (non-hydrogen) atoms. The van der Waals surface area contributed by atoms with Gasteiger partial charge in [-0.2, -0.15) is 0 Å². The summed E-state index contributed by atoms with van der Waals surface area (Å²) in [5.74, 6) is -0.122. The molecule has 5 heteroatoms. The van der Waals surface area contributed by atoms with Gasteiger partial charge >= 0.3 is 5.97 Å². The average Bonchev–Trinajstić information content (AvgIpc) is 2.78. The van der Waals surface area contributed by atoms with E-state index in [1.165, 1.54) is 6.07 Å². The Morgan fingerprint density at radius 1 is 1.41 bits per heavy atom. The van der Waals surface area contributed by atoms with Gasteiger partial charge in [-0.25, -0.2) is 4.79 Å². The zero-order valence-electron chi connectivity index (χ0n) is 9.43. The SMILES string of the molecule is COc1cc(C)ccc1-c1cc(C(=O)O)no1. The number of methoxy groups -OCH3 is 1. The van der Waals surface area contributed by atoms with Crippen LogP contribution in [0.3, 0.4) is 0 Å². The van der Waals surface area contributed by atoms with Gasteiger partial charge in [0.25, 0.3) is 0 Å². The van der Waals surface area contributed by atoms with Crippen molar-refractivity contribution in [3.8, 4) is 17.1 Å². The summed E-state index contributed by atoms with van der Waals surface area (Å²) in [5, 5.41) is 12.2. The summed E-state index contributed by atoms with van der Waals surface area (Å²) in [5.41, 5.74) is 1.60. The molecule has 88 valence electrons. The monoisotopic (exact) mass is 233 g/mol. The van der Waals surface area contributed by atoms with E-state index in [4.69, 9.17) is 14.4 Å². The van der Waals surface area contributed by atoms with Gasteiger partial charge in [0.1, 0.15) is 5.75 Å². The van der Waals surface area contributed by atoms with Gasteiger partial charge < -0.3 is 14.4 Å². The van der Waals surface area contributed by atoms with Crippen molar-refractivity contribution in [3.05, 3.63) is 35.5 Å². The maximum absolute atomic E-state index is 10.7. The summed E-state index contributed by atoms with van der Waals surface area (Å²) in [6.07, 6.45) is 0. The van der Waals surface area contributed by atoms with Crippen LogP contribution in [0.1, 0.15) is 16.1 Å². The molecule has 0 aliphatic carbocycles. The fourth-order valence-corrected chi connectivity index (χ4v) is 1.50. The second-order valence-corrected chi connectivity index (χ2v) is 3.59. The molecule has 0 atom stereocenters. The number of benzene rings is 1. The molecule has 0 unspecified atom stereocenters. The molecular weight excluding hydrogens is 222 g/mol. The van der Waals surface area contributed by atoms with Crippen molar-refractivity contribution in [1.82, 2.24) is 5.16 Å². The minimum atomic E-state index is -1.12. The number of hydrogen-bond acceptors (Lipinski definition) is 4. The summed E-state index contributed by atoms with van der Waals surface area (Å²) < 4.78 is 10.2. The Kier molecular flexibility index (Phi) is 2.82. The Labute approximate surface area is 97.6 Å². The summed E-state index contributed by atoms with van der Waals surface area (Å²) >= 11 is 0. The fraction of sp³-hybridized carbons (Fsp3) is 0.167. The van der Waals surface area contributed by atoms with Gasteiger partial charge in [0.05, 0.1) is 12.7 Å². The Morgan fingerprint density at radius 2 is 2.18 bits per heavy atom. The minimum absolute atomic E-state index is 0.123. The number of carbonyl (C=O) groups is 1. The lowest BCUT2D eigenvalue weighted by Crippen LogP contribution is -1.94. The maximum Gasteiger partial charge on any atom is 0.358 e.